The van der Waals surface area contributed by atoms with Gasteiger partial charge in [0.25, 0.3) is 5.91 Å². The first-order valence-corrected chi connectivity index (χ1v) is 12.5. The van der Waals surface area contributed by atoms with Crippen molar-refractivity contribution in [3.8, 4) is 0 Å². The van der Waals surface area contributed by atoms with Crippen molar-refractivity contribution in [2.24, 2.45) is 5.92 Å². The lowest BCUT2D eigenvalue weighted by Crippen LogP contribution is -2.34. The lowest BCUT2D eigenvalue weighted by molar-refractivity contribution is -0.137. The average Bonchev–Trinajstić information content (AvgIpc) is 3.23. The summed E-state index contributed by atoms with van der Waals surface area (Å²) in [5.41, 5.74) is -0.453. The third-order valence-corrected chi connectivity index (χ3v) is 6.51. The molecule has 0 fully saturated rings. The van der Waals surface area contributed by atoms with E-state index < -0.39 is 23.7 Å². The van der Waals surface area contributed by atoms with Crippen molar-refractivity contribution in [2.45, 2.75) is 44.7 Å². The van der Waals surface area contributed by atoms with Gasteiger partial charge in [-0.25, -0.2) is 0 Å². The summed E-state index contributed by atoms with van der Waals surface area (Å²) in [5.74, 6) is -0.438. The van der Waals surface area contributed by atoms with Crippen LogP contribution in [0.25, 0.3) is 0 Å². The van der Waals surface area contributed by atoms with Gasteiger partial charge in [0, 0.05) is 12.2 Å². The van der Waals surface area contributed by atoms with Crippen molar-refractivity contribution in [3.05, 3.63) is 70.5 Å². The highest BCUT2D eigenvalue weighted by Gasteiger charge is 2.30. The summed E-state index contributed by atoms with van der Waals surface area (Å²) >= 11 is 7.26. The fourth-order valence-corrected chi connectivity index (χ4v) is 4.46. The summed E-state index contributed by atoms with van der Waals surface area (Å²) in [5, 5.41) is 14.7. The van der Waals surface area contributed by atoms with Gasteiger partial charge in [0.2, 0.25) is 5.91 Å². The Morgan fingerprint density at radius 3 is 2.47 bits per heavy atom. The molecular formula is C24H25ClF3N5O2S. The number of amides is 2. The number of halogens is 4. The highest BCUT2D eigenvalue weighted by Crippen LogP contribution is 2.31. The Morgan fingerprint density at radius 2 is 1.83 bits per heavy atom. The second-order valence-corrected chi connectivity index (χ2v) is 9.53. The number of carbonyl (C=O) groups is 2. The van der Waals surface area contributed by atoms with Gasteiger partial charge in [0.15, 0.2) is 11.0 Å². The molecule has 0 spiro atoms. The summed E-state index contributed by atoms with van der Waals surface area (Å²) in [4.78, 5) is 25.2. The van der Waals surface area contributed by atoms with Gasteiger partial charge in [-0.3, -0.25) is 9.59 Å². The zero-order valence-electron chi connectivity index (χ0n) is 19.8. The van der Waals surface area contributed by atoms with Crippen LogP contribution in [-0.4, -0.2) is 32.3 Å². The zero-order chi connectivity index (χ0) is 26.5. The van der Waals surface area contributed by atoms with Gasteiger partial charge >= 0.3 is 6.18 Å². The number of aromatic nitrogens is 3. The number of alkyl halides is 3. The monoisotopic (exact) mass is 539 g/mol. The van der Waals surface area contributed by atoms with E-state index in [9.17, 15) is 22.8 Å². The smallest absolute Gasteiger partial charge is 0.342 e. The van der Waals surface area contributed by atoms with Gasteiger partial charge in [-0.05, 0) is 43.2 Å². The molecule has 2 aromatic carbocycles. The van der Waals surface area contributed by atoms with E-state index in [0.29, 0.717) is 28.1 Å². The second-order valence-electron chi connectivity index (χ2n) is 8.18. The van der Waals surface area contributed by atoms with Crippen LogP contribution in [0.1, 0.15) is 48.6 Å². The van der Waals surface area contributed by atoms with E-state index in [-0.39, 0.29) is 23.3 Å². The lowest BCUT2D eigenvalue weighted by Gasteiger charge is -2.22. The van der Waals surface area contributed by atoms with E-state index >= 15 is 0 Å². The summed E-state index contributed by atoms with van der Waals surface area (Å²) in [7, 11) is 0. The highest BCUT2D eigenvalue weighted by atomic mass is 35.5. The van der Waals surface area contributed by atoms with E-state index in [1.54, 1.807) is 28.8 Å². The molecule has 0 bridgehead atoms. The van der Waals surface area contributed by atoms with Crippen LogP contribution in [0.3, 0.4) is 0 Å². The highest BCUT2D eigenvalue weighted by molar-refractivity contribution is 7.99. The molecule has 7 nitrogen and oxygen atoms in total. The van der Waals surface area contributed by atoms with Crippen LogP contribution in [0.15, 0.2) is 53.7 Å². The Morgan fingerprint density at radius 1 is 1.11 bits per heavy atom. The Labute approximate surface area is 215 Å². The first kappa shape index (κ1) is 27.5. The Hall–Kier alpha value is -3.05. The van der Waals surface area contributed by atoms with Crippen LogP contribution >= 0.6 is 23.4 Å². The van der Waals surface area contributed by atoms with Crippen molar-refractivity contribution in [1.82, 2.24) is 20.1 Å². The van der Waals surface area contributed by atoms with Gasteiger partial charge in [0.1, 0.15) is 0 Å². The van der Waals surface area contributed by atoms with Crippen molar-refractivity contribution in [3.63, 3.8) is 0 Å². The molecule has 2 N–H and O–H groups in total. The van der Waals surface area contributed by atoms with Crippen LogP contribution < -0.4 is 10.6 Å². The molecule has 0 aliphatic carbocycles. The first-order valence-electron chi connectivity index (χ1n) is 11.1. The maximum absolute atomic E-state index is 12.9. The molecule has 0 aliphatic rings. The van der Waals surface area contributed by atoms with E-state index in [2.05, 4.69) is 20.8 Å². The van der Waals surface area contributed by atoms with E-state index in [4.69, 9.17) is 11.6 Å². The number of rotatable bonds is 9. The van der Waals surface area contributed by atoms with Crippen molar-refractivity contribution >= 4 is 40.9 Å². The minimum Gasteiger partial charge on any atom is -0.342 e. The maximum Gasteiger partial charge on any atom is 0.416 e. The Balaban J connectivity index is 1.71. The molecule has 12 heteroatoms. The molecule has 0 saturated heterocycles. The quantitative estimate of drug-likeness (QED) is 0.334. The molecule has 0 saturated carbocycles. The van der Waals surface area contributed by atoms with E-state index in [0.717, 1.165) is 23.9 Å². The SMILES string of the molecule is CCn1c(SCC(=O)Nc2cccc(C(F)(F)F)c2)nnc1[C@H](NC(=O)c1ccccc1Cl)C(C)C. The normalized spacial score (nSPS) is 12.4. The van der Waals surface area contributed by atoms with Gasteiger partial charge in [-0.1, -0.05) is 55.4 Å². The molecule has 0 aliphatic heterocycles. The summed E-state index contributed by atoms with van der Waals surface area (Å²) in [6, 6.07) is 10.7. The molecule has 0 radical (unpaired) electrons. The van der Waals surface area contributed by atoms with Crippen molar-refractivity contribution in [1.29, 1.82) is 0 Å². The summed E-state index contributed by atoms with van der Waals surface area (Å²) in [6.45, 7) is 6.22. The molecule has 192 valence electrons. The number of nitrogens with zero attached hydrogens (tertiary/aromatic N) is 3. The standard InChI is InChI=1S/C24H25ClF3N5O2S/c1-4-33-21(20(14(2)3)30-22(35)17-10-5-6-11-18(17)25)31-32-23(33)36-13-19(34)29-16-9-7-8-15(12-16)24(26,27)28/h5-12,14,20H,4,13H2,1-3H3,(H,29,34)(H,30,35)/t20-/m1/s1. The van der Waals surface area contributed by atoms with Crippen molar-refractivity contribution < 1.29 is 22.8 Å². The van der Waals surface area contributed by atoms with Gasteiger partial charge in [0.05, 0.1) is 27.9 Å². The number of carbonyl (C=O) groups excluding carboxylic acids is 2. The number of nitrogens with one attached hydrogen (secondary N) is 2. The van der Waals surface area contributed by atoms with Gasteiger partial charge < -0.3 is 15.2 Å². The third-order valence-electron chi connectivity index (χ3n) is 5.22. The average molecular weight is 540 g/mol. The summed E-state index contributed by atoms with van der Waals surface area (Å²) < 4.78 is 40.5. The zero-order valence-corrected chi connectivity index (χ0v) is 21.3. The molecule has 1 atom stereocenters. The minimum absolute atomic E-state index is 0.0343. The topological polar surface area (TPSA) is 88.9 Å². The third kappa shape index (κ3) is 6.79. The van der Waals surface area contributed by atoms with Gasteiger partial charge in [-0.2, -0.15) is 13.2 Å². The second kappa shape index (κ2) is 11.8. The molecule has 0 unspecified atom stereocenters. The van der Waals surface area contributed by atoms with Crippen LogP contribution in [-0.2, 0) is 17.5 Å². The minimum atomic E-state index is -4.50. The fraction of sp³-hybridized carbons (Fsp3) is 0.333. The number of hydrogen-bond acceptors (Lipinski definition) is 5. The molecule has 36 heavy (non-hydrogen) atoms. The molecule has 3 rings (SSSR count). The lowest BCUT2D eigenvalue weighted by atomic mass is 10.0. The molecule has 2 amide bonds. The number of anilines is 1. The fourth-order valence-electron chi connectivity index (χ4n) is 3.43. The summed E-state index contributed by atoms with van der Waals surface area (Å²) in [6.07, 6.45) is -4.50. The predicted molar refractivity (Wildman–Crippen MR) is 133 cm³/mol. The molecular weight excluding hydrogens is 515 g/mol. The number of thioether (sulfide) groups is 1. The Kier molecular flexibility index (Phi) is 9.02. The van der Waals surface area contributed by atoms with E-state index in [1.165, 1.54) is 12.1 Å². The van der Waals surface area contributed by atoms with Crippen LogP contribution in [0.2, 0.25) is 5.02 Å². The van der Waals surface area contributed by atoms with Crippen LogP contribution in [0.4, 0.5) is 18.9 Å². The molecule has 1 heterocycles. The molecule has 1 aromatic heterocycles. The predicted octanol–water partition coefficient (Wildman–Crippen LogP) is 5.83. The Bertz CT molecular complexity index is 1230. The van der Waals surface area contributed by atoms with E-state index in [1.807, 2.05) is 20.8 Å². The van der Waals surface area contributed by atoms with Crippen LogP contribution in [0.5, 0.6) is 0 Å². The first-order chi connectivity index (χ1) is 17.0. The van der Waals surface area contributed by atoms with Crippen LogP contribution in [0, 0.1) is 5.92 Å². The molecule has 3 aromatic rings. The van der Waals surface area contributed by atoms with Gasteiger partial charge in [-0.15, -0.1) is 10.2 Å². The number of hydrogen-bond donors (Lipinski definition) is 2. The maximum atomic E-state index is 12.9. The van der Waals surface area contributed by atoms with Crippen molar-refractivity contribution in [2.75, 3.05) is 11.1 Å². The number of benzene rings is 2. The largest absolute Gasteiger partial charge is 0.416 e.